The molecule has 1 N–H and O–H groups in total. The third-order valence-corrected chi connectivity index (χ3v) is 4.40. The summed E-state index contributed by atoms with van der Waals surface area (Å²) in [7, 11) is -8.33. The molecule has 16 heavy (non-hydrogen) atoms. The molecule has 1 aromatic heterocycles. The number of sulfone groups is 1. The first-order chi connectivity index (χ1) is 6.79. The average Bonchev–Trinajstić information content (AvgIpc) is 2.16. The molecular formula is C7H10ClNO5S2. The largest absolute Gasteiger partial charge is 0.313 e. The van der Waals surface area contributed by atoms with Crippen molar-refractivity contribution in [2.45, 2.75) is 16.8 Å². The maximum atomic E-state index is 11.5. The Kier molecular flexibility index (Phi) is 4.86. The number of nitrogens with zero attached hydrogens (tertiary/aromatic N) is 1. The second-order valence-corrected chi connectivity index (χ2v) is 6.27. The first kappa shape index (κ1) is 15.3. The van der Waals surface area contributed by atoms with Crippen LogP contribution in [0.2, 0.25) is 0 Å². The molecule has 0 saturated heterocycles. The van der Waals surface area contributed by atoms with Crippen LogP contribution in [0, 0.1) is 0 Å². The Balaban J connectivity index is 0.00000225. The fourth-order valence-electron chi connectivity index (χ4n) is 0.962. The SMILES string of the molecule is CCS(=O)(=O)c1cccnc1S(=O)(=O)O.Cl. The van der Waals surface area contributed by atoms with Crippen LogP contribution in [-0.2, 0) is 20.0 Å². The van der Waals surface area contributed by atoms with Gasteiger partial charge in [-0.1, -0.05) is 6.92 Å². The fourth-order valence-corrected chi connectivity index (χ4v) is 3.09. The Hall–Kier alpha value is -0.700. The molecule has 0 aliphatic carbocycles. The van der Waals surface area contributed by atoms with E-state index in [4.69, 9.17) is 4.55 Å². The van der Waals surface area contributed by atoms with E-state index in [-0.39, 0.29) is 18.2 Å². The van der Waals surface area contributed by atoms with Crippen molar-refractivity contribution < 1.29 is 21.4 Å². The first-order valence-electron chi connectivity index (χ1n) is 3.94. The van der Waals surface area contributed by atoms with Crippen LogP contribution in [0.3, 0.4) is 0 Å². The molecule has 1 aromatic rings. The Bertz CT molecular complexity index is 566. The minimum atomic E-state index is -4.62. The van der Waals surface area contributed by atoms with Gasteiger partial charge in [-0.15, -0.1) is 12.4 Å². The Morgan fingerprint density at radius 3 is 2.31 bits per heavy atom. The molecule has 1 rings (SSSR count). The molecule has 0 saturated carbocycles. The lowest BCUT2D eigenvalue weighted by molar-refractivity contribution is 0.475. The van der Waals surface area contributed by atoms with E-state index in [9.17, 15) is 16.8 Å². The number of hydrogen-bond donors (Lipinski definition) is 1. The molecule has 0 radical (unpaired) electrons. The van der Waals surface area contributed by atoms with Crippen molar-refractivity contribution in [3.05, 3.63) is 18.3 Å². The van der Waals surface area contributed by atoms with Gasteiger partial charge in [-0.2, -0.15) is 8.42 Å². The van der Waals surface area contributed by atoms with Crippen molar-refractivity contribution in [2.24, 2.45) is 0 Å². The van der Waals surface area contributed by atoms with Gasteiger partial charge in [0.2, 0.25) is 5.03 Å². The van der Waals surface area contributed by atoms with Crippen molar-refractivity contribution in [1.29, 1.82) is 0 Å². The summed E-state index contributed by atoms with van der Waals surface area (Å²) in [5.41, 5.74) is 0. The fraction of sp³-hybridized carbons (Fsp3) is 0.286. The van der Waals surface area contributed by atoms with E-state index in [2.05, 4.69) is 4.98 Å². The number of rotatable bonds is 3. The molecule has 0 unspecified atom stereocenters. The summed E-state index contributed by atoms with van der Waals surface area (Å²) in [6, 6.07) is 2.38. The third kappa shape index (κ3) is 3.14. The van der Waals surface area contributed by atoms with Crippen LogP contribution in [0.1, 0.15) is 6.92 Å². The van der Waals surface area contributed by atoms with Gasteiger partial charge in [0.15, 0.2) is 9.84 Å². The molecule has 0 spiro atoms. The molecule has 0 atom stereocenters. The molecule has 0 aliphatic heterocycles. The lowest BCUT2D eigenvalue weighted by atomic mass is 10.5. The molecule has 92 valence electrons. The van der Waals surface area contributed by atoms with Gasteiger partial charge in [0, 0.05) is 6.20 Å². The zero-order valence-corrected chi connectivity index (χ0v) is 10.6. The van der Waals surface area contributed by atoms with Crippen LogP contribution in [0.15, 0.2) is 28.3 Å². The first-order valence-corrected chi connectivity index (χ1v) is 7.03. The average molecular weight is 288 g/mol. The van der Waals surface area contributed by atoms with Gasteiger partial charge < -0.3 is 0 Å². The minimum absolute atomic E-state index is 0. The van der Waals surface area contributed by atoms with Crippen molar-refractivity contribution in [1.82, 2.24) is 4.98 Å². The van der Waals surface area contributed by atoms with Crippen LogP contribution in [0.5, 0.6) is 0 Å². The van der Waals surface area contributed by atoms with Gasteiger partial charge in [0.05, 0.1) is 5.75 Å². The maximum Gasteiger partial charge on any atom is 0.313 e. The maximum absolute atomic E-state index is 11.5. The summed E-state index contributed by atoms with van der Waals surface area (Å²) in [4.78, 5) is 2.87. The van der Waals surface area contributed by atoms with Gasteiger partial charge in [0.1, 0.15) is 4.90 Å². The van der Waals surface area contributed by atoms with Crippen LogP contribution in [0.25, 0.3) is 0 Å². The summed E-state index contributed by atoms with van der Waals surface area (Å²) < 4.78 is 53.4. The minimum Gasteiger partial charge on any atom is -0.281 e. The van der Waals surface area contributed by atoms with Gasteiger partial charge >= 0.3 is 10.1 Å². The summed E-state index contributed by atoms with van der Waals surface area (Å²) in [6.45, 7) is 1.37. The van der Waals surface area contributed by atoms with Gasteiger partial charge in [-0.25, -0.2) is 13.4 Å². The molecule has 6 nitrogen and oxygen atoms in total. The van der Waals surface area contributed by atoms with E-state index in [1.54, 1.807) is 0 Å². The van der Waals surface area contributed by atoms with Crippen molar-refractivity contribution in [3.63, 3.8) is 0 Å². The van der Waals surface area contributed by atoms with Crippen molar-refractivity contribution >= 4 is 32.4 Å². The number of aromatic nitrogens is 1. The summed E-state index contributed by atoms with van der Waals surface area (Å²) in [5, 5.41) is -0.827. The molecule has 0 amide bonds. The van der Waals surface area contributed by atoms with E-state index in [1.807, 2.05) is 0 Å². The van der Waals surface area contributed by atoms with Crippen LogP contribution in [0.4, 0.5) is 0 Å². The summed E-state index contributed by atoms with van der Waals surface area (Å²) in [6.07, 6.45) is 1.10. The highest BCUT2D eigenvalue weighted by Gasteiger charge is 2.24. The molecule has 0 bridgehead atoms. The molecule has 1 heterocycles. The lowest BCUT2D eigenvalue weighted by Gasteiger charge is -2.04. The number of hydrogen-bond acceptors (Lipinski definition) is 5. The standard InChI is InChI=1S/C7H9NO5S2.ClH/c1-2-14(9,10)6-4-3-5-8-7(6)15(11,12)13;/h3-5H,2H2,1H3,(H,11,12,13);1H. The van der Waals surface area contributed by atoms with E-state index in [0.717, 1.165) is 12.3 Å². The highest BCUT2D eigenvalue weighted by Crippen LogP contribution is 2.18. The van der Waals surface area contributed by atoms with Crippen LogP contribution in [-0.4, -0.2) is 32.1 Å². The smallest absolute Gasteiger partial charge is 0.281 e. The highest BCUT2D eigenvalue weighted by atomic mass is 35.5. The summed E-state index contributed by atoms with van der Waals surface area (Å²) >= 11 is 0. The van der Waals surface area contributed by atoms with Crippen molar-refractivity contribution in [3.8, 4) is 0 Å². The second kappa shape index (κ2) is 5.09. The predicted molar refractivity (Wildman–Crippen MR) is 59.0 cm³/mol. The Morgan fingerprint density at radius 1 is 1.31 bits per heavy atom. The second-order valence-electron chi connectivity index (χ2n) is 2.69. The molecular weight excluding hydrogens is 278 g/mol. The van der Waals surface area contributed by atoms with E-state index >= 15 is 0 Å². The zero-order valence-electron chi connectivity index (χ0n) is 8.19. The molecule has 0 fully saturated rings. The Morgan fingerprint density at radius 2 is 1.88 bits per heavy atom. The number of halogens is 1. The summed E-state index contributed by atoms with van der Waals surface area (Å²) in [5.74, 6) is -0.263. The molecule has 0 aromatic carbocycles. The van der Waals surface area contributed by atoms with E-state index in [0.29, 0.717) is 0 Å². The van der Waals surface area contributed by atoms with Gasteiger partial charge in [0.25, 0.3) is 0 Å². The quantitative estimate of drug-likeness (QED) is 0.814. The molecule has 9 heteroatoms. The molecule has 0 aliphatic rings. The lowest BCUT2D eigenvalue weighted by Crippen LogP contribution is -2.12. The van der Waals surface area contributed by atoms with Crippen LogP contribution >= 0.6 is 12.4 Å². The van der Waals surface area contributed by atoms with Crippen LogP contribution < -0.4 is 0 Å². The van der Waals surface area contributed by atoms with Gasteiger partial charge in [-0.05, 0) is 12.1 Å². The van der Waals surface area contributed by atoms with Crippen molar-refractivity contribution in [2.75, 3.05) is 5.75 Å². The van der Waals surface area contributed by atoms with E-state index in [1.165, 1.54) is 13.0 Å². The topological polar surface area (TPSA) is 101 Å². The van der Waals surface area contributed by atoms with E-state index < -0.39 is 29.9 Å². The Labute approximate surface area is 99.8 Å². The highest BCUT2D eigenvalue weighted by molar-refractivity contribution is 7.92. The zero-order chi connectivity index (χ0) is 11.7. The predicted octanol–water partition coefficient (Wildman–Crippen LogP) is 0.544. The van der Waals surface area contributed by atoms with Gasteiger partial charge in [-0.3, -0.25) is 4.55 Å². The third-order valence-electron chi connectivity index (χ3n) is 1.70. The monoisotopic (exact) mass is 287 g/mol. The number of pyridine rings is 1. The normalized spacial score (nSPS) is 11.9.